The predicted molar refractivity (Wildman–Crippen MR) is 61.0 cm³/mol. The van der Waals surface area contributed by atoms with Crippen molar-refractivity contribution in [2.24, 2.45) is 0 Å². The molecule has 4 nitrogen and oxygen atoms in total. The first kappa shape index (κ1) is 11.5. The van der Waals surface area contributed by atoms with Crippen molar-refractivity contribution in [2.75, 3.05) is 19.8 Å². The third-order valence-electron chi connectivity index (χ3n) is 2.56. The molecule has 0 spiro atoms. The third-order valence-corrected chi connectivity index (χ3v) is 3.69. The van der Waals surface area contributed by atoms with Gasteiger partial charge in [-0.05, 0) is 20.3 Å². The zero-order chi connectivity index (χ0) is 11.5. The van der Waals surface area contributed by atoms with Crippen molar-refractivity contribution in [1.29, 1.82) is 0 Å². The summed E-state index contributed by atoms with van der Waals surface area (Å²) in [5, 5.41) is 0.998. The fourth-order valence-corrected chi connectivity index (χ4v) is 2.74. The number of carbonyl (C=O) groups excluding carboxylic acids is 1. The molecule has 2 heterocycles. The molecule has 1 aromatic rings. The number of hydrogen-bond donors (Lipinski definition) is 0. The van der Waals surface area contributed by atoms with Crippen LogP contribution in [0.4, 0.5) is 0 Å². The van der Waals surface area contributed by atoms with Gasteiger partial charge in [-0.3, -0.25) is 0 Å². The summed E-state index contributed by atoms with van der Waals surface area (Å²) in [6.45, 7) is 5.60. The molecule has 1 unspecified atom stereocenters. The second-order valence-electron chi connectivity index (χ2n) is 3.74. The molecule has 1 atom stereocenters. The summed E-state index contributed by atoms with van der Waals surface area (Å²) in [5.74, 6) is 0.0355. The maximum atomic E-state index is 11.6. The Labute approximate surface area is 98.6 Å². The number of ether oxygens (including phenoxy) is 2. The van der Waals surface area contributed by atoms with Crippen LogP contribution in [0.1, 0.15) is 39.6 Å². The van der Waals surface area contributed by atoms with Gasteiger partial charge < -0.3 is 9.47 Å². The molecule has 1 aliphatic rings. The minimum Gasteiger partial charge on any atom is -0.461 e. The molecule has 0 radical (unpaired) electrons. The number of aryl methyl sites for hydroxylation is 1. The Morgan fingerprint density at radius 3 is 3.12 bits per heavy atom. The first-order valence-corrected chi connectivity index (χ1v) is 6.26. The molecule has 0 aliphatic carbocycles. The van der Waals surface area contributed by atoms with Gasteiger partial charge in [-0.25, -0.2) is 9.78 Å². The van der Waals surface area contributed by atoms with Gasteiger partial charge in [0.15, 0.2) is 5.69 Å². The Bertz CT molecular complexity index is 383. The first-order valence-electron chi connectivity index (χ1n) is 5.44. The van der Waals surface area contributed by atoms with Crippen LogP contribution in [-0.4, -0.2) is 30.8 Å². The Balaban J connectivity index is 2.17. The van der Waals surface area contributed by atoms with Crippen LogP contribution >= 0.6 is 11.3 Å². The van der Waals surface area contributed by atoms with Crippen LogP contribution < -0.4 is 0 Å². The van der Waals surface area contributed by atoms with Crippen molar-refractivity contribution >= 4 is 17.3 Å². The Morgan fingerprint density at radius 2 is 2.50 bits per heavy atom. The highest BCUT2D eigenvalue weighted by atomic mass is 32.1. The molecule has 1 aliphatic heterocycles. The largest absolute Gasteiger partial charge is 0.461 e. The molecular formula is C11H15NO3S. The summed E-state index contributed by atoms with van der Waals surface area (Å²) in [6.07, 6.45) is 0.995. The Kier molecular flexibility index (Phi) is 3.56. The van der Waals surface area contributed by atoms with E-state index in [4.69, 9.17) is 9.47 Å². The first-order chi connectivity index (χ1) is 7.72. The monoisotopic (exact) mass is 241 g/mol. The third kappa shape index (κ3) is 2.25. The van der Waals surface area contributed by atoms with Gasteiger partial charge in [0.2, 0.25) is 0 Å². The number of carbonyl (C=O) groups is 1. The molecule has 1 aromatic heterocycles. The molecule has 0 N–H and O–H groups in total. The predicted octanol–water partition coefficient (Wildman–Crippen LogP) is 2.13. The fourth-order valence-electron chi connectivity index (χ4n) is 1.71. The summed E-state index contributed by atoms with van der Waals surface area (Å²) in [6, 6.07) is 0. The van der Waals surface area contributed by atoms with E-state index in [1.807, 2.05) is 6.92 Å². The van der Waals surface area contributed by atoms with E-state index in [0.29, 0.717) is 18.2 Å². The highest BCUT2D eigenvalue weighted by Gasteiger charge is 2.24. The van der Waals surface area contributed by atoms with Crippen LogP contribution in [0.25, 0.3) is 0 Å². The standard InChI is InChI=1S/C11H15NO3S/c1-3-15-11(13)9-7(2)16-10(12-9)8-4-5-14-6-8/h8H,3-6H2,1-2H3. The van der Waals surface area contributed by atoms with Crippen molar-refractivity contribution in [1.82, 2.24) is 4.98 Å². The number of thiazole rings is 1. The summed E-state index contributed by atoms with van der Waals surface area (Å²) >= 11 is 1.57. The van der Waals surface area contributed by atoms with Crippen molar-refractivity contribution in [3.8, 4) is 0 Å². The van der Waals surface area contributed by atoms with Gasteiger partial charge in [-0.1, -0.05) is 0 Å². The van der Waals surface area contributed by atoms with Gasteiger partial charge in [-0.15, -0.1) is 11.3 Å². The molecule has 0 aromatic carbocycles. The highest BCUT2D eigenvalue weighted by Crippen LogP contribution is 2.30. The lowest BCUT2D eigenvalue weighted by Gasteiger charge is -2.01. The molecule has 0 amide bonds. The fraction of sp³-hybridized carbons (Fsp3) is 0.636. The number of hydrogen-bond acceptors (Lipinski definition) is 5. The average molecular weight is 241 g/mol. The molecule has 88 valence electrons. The smallest absolute Gasteiger partial charge is 0.358 e. The summed E-state index contributed by atoms with van der Waals surface area (Å²) in [4.78, 5) is 16.9. The maximum Gasteiger partial charge on any atom is 0.358 e. The van der Waals surface area contributed by atoms with Crippen molar-refractivity contribution < 1.29 is 14.3 Å². The van der Waals surface area contributed by atoms with Crippen molar-refractivity contribution in [3.63, 3.8) is 0 Å². The average Bonchev–Trinajstić information content (AvgIpc) is 2.86. The van der Waals surface area contributed by atoms with Gasteiger partial charge in [0.25, 0.3) is 0 Å². The number of nitrogens with zero attached hydrogens (tertiary/aromatic N) is 1. The Hall–Kier alpha value is -0.940. The van der Waals surface area contributed by atoms with E-state index in [-0.39, 0.29) is 5.97 Å². The van der Waals surface area contributed by atoms with E-state index >= 15 is 0 Å². The molecule has 2 rings (SSSR count). The van der Waals surface area contributed by atoms with Gasteiger partial charge in [0, 0.05) is 17.4 Å². The lowest BCUT2D eigenvalue weighted by Crippen LogP contribution is -2.07. The van der Waals surface area contributed by atoms with Crippen molar-refractivity contribution in [3.05, 3.63) is 15.6 Å². The number of aromatic nitrogens is 1. The minimum absolute atomic E-state index is 0.318. The zero-order valence-electron chi connectivity index (χ0n) is 9.49. The van der Waals surface area contributed by atoms with E-state index in [2.05, 4.69) is 4.98 Å². The number of rotatable bonds is 3. The molecular weight excluding hydrogens is 226 g/mol. The van der Waals surface area contributed by atoms with Crippen LogP contribution in [0.15, 0.2) is 0 Å². The number of esters is 1. The van der Waals surface area contributed by atoms with Crippen LogP contribution in [0.2, 0.25) is 0 Å². The second-order valence-corrected chi connectivity index (χ2v) is 4.97. The molecule has 5 heteroatoms. The minimum atomic E-state index is -0.318. The molecule has 16 heavy (non-hydrogen) atoms. The van der Waals surface area contributed by atoms with Crippen LogP contribution in [0, 0.1) is 6.92 Å². The molecule has 0 saturated carbocycles. The lowest BCUT2D eigenvalue weighted by molar-refractivity contribution is 0.0519. The van der Waals surface area contributed by atoms with E-state index in [1.165, 1.54) is 0 Å². The molecule has 1 fully saturated rings. The summed E-state index contributed by atoms with van der Waals surface area (Å²) in [7, 11) is 0. The van der Waals surface area contributed by atoms with Gasteiger partial charge in [0.1, 0.15) is 0 Å². The topological polar surface area (TPSA) is 48.4 Å². The summed E-state index contributed by atoms with van der Waals surface area (Å²) in [5.41, 5.74) is 0.466. The van der Waals surface area contributed by atoms with Gasteiger partial charge >= 0.3 is 5.97 Å². The quantitative estimate of drug-likeness (QED) is 0.761. The highest BCUT2D eigenvalue weighted by molar-refractivity contribution is 7.12. The second kappa shape index (κ2) is 4.93. The van der Waals surface area contributed by atoms with E-state index in [9.17, 15) is 4.79 Å². The van der Waals surface area contributed by atoms with E-state index in [1.54, 1.807) is 18.3 Å². The van der Waals surface area contributed by atoms with Crippen molar-refractivity contribution in [2.45, 2.75) is 26.2 Å². The van der Waals surface area contributed by atoms with E-state index < -0.39 is 0 Å². The van der Waals surface area contributed by atoms with Crippen LogP contribution in [0.3, 0.4) is 0 Å². The Morgan fingerprint density at radius 1 is 1.69 bits per heavy atom. The van der Waals surface area contributed by atoms with Crippen LogP contribution in [-0.2, 0) is 9.47 Å². The normalized spacial score (nSPS) is 20.0. The van der Waals surface area contributed by atoms with Gasteiger partial charge in [-0.2, -0.15) is 0 Å². The van der Waals surface area contributed by atoms with Crippen LogP contribution in [0.5, 0.6) is 0 Å². The molecule has 1 saturated heterocycles. The lowest BCUT2D eigenvalue weighted by atomic mass is 10.1. The zero-order valence-corrected chi connectivity index (χ0v) is 10.3. The van der Waals surface area contributed by atoms with Gasteiger partial charge in [0.05, 0.1) is 18.2 Å². The molecule has 0 bridgehead atoms. The van der Waals surface area contributed by atoms with E-state index in [0.717, 1.165) is 29.5 Å². The maximum absolute atomic E-state index is 11.6. The SMILES string of the molecule is CCOC(=O)c1nc(C2CCOC2)sc1C. The summed E-state index contributed by atoms with van der Waals surface area (Å²) < 4.78 is 10.3.